The molecule has 4 heterocycles. The summed E-state index contributed by atoms with van der Waals surface area (Å²) < 4.78 is 31.3. The molecular weight excluding hydrogens is 656 g/mol. The molecule has 20 heteroatoms. The molecule has 0 aromatic heterocycles. The largest absolute Gasteiger partial charge is 0.394 e. The van der Waals surface area contributed by atoms with Crippen LogP contribution in [0.1, 0.15) is 25.7 Å². The van der Waals surface area contributed by atoms with Crippen molar-refractivity contribution in [2.75, 3.05) is 27.4 Å². The van der Waals surface area contributed by atoms with E-state index < -0.39 is 136 Å². The van der Waals surface area contributed by atoms with E-state index in [4.69, 9.17) is 38.6 Å². The molecule has 20 nitrogen and oxygen atoms in total. The van der Waals surface area contributed by atoms with Gasteiger partial charge in [-0.15, -0.1) is 0 Å². The van der Waals surface area contributed by atoms with Crippen LogP contribution in [-0.2, 0) is 28.4 Å². The quantitative estimate of drug-likeness (QED) is 0.100. The predicted octanol–water partition coefficient (Wildman–Crippen LogP) is -7.87. The lowest BCUT2D eigenvalue weighted by molar-refractivity contribution is -0.293. The number of hydrogen-bond acceptors (Lipinski definition) is 20. The molecule has 4 fully saturated rings. The van der Waals surface area contributed by atoms with Gasteiger partial charge < -0.3 is 99.9 Å². The first-order valence-corrected chi connectivity index (χ1v) is 15.7. The van der Waals surface area contributed by atoms with Crippen molar-refractivity contribution in [2.24, 2.45) is 0 Å². The number of ether oxygens (including phenoxy) is 6. The second-order valence-electron chi connectivity index (χ2n) is 12.4. The van der Waals surface area contributed by atoms with E-state index in [-0.39, 0.29) is 25.7 Å². The minimum atomic E-state index is -1.47. The molecule has 0 bridgehead atoms. The lowest BCUT2D eigenvalue weighted by Gasteiger charge is -2.42. The molecule has 0 saturated carbocycles. The van der Waals surface area contributed by atoms with Crippen LogP contribution in [0.15, 0.2) is 0 Å². The summed E-state index contributed by atoms with van der Waals surface area (Å²) in [6.07, 6.45) is -24.4. The smallest absolute Gasteiger partial charge is 0.186 e. The molecule has 284 valence electrons. The van der Waals surface area contributed by atoms with Crippen molar-refractivity contribution in [3.63, 3.8) is 0 Å². The molecule has 0 aromatic rings. The summed E-state index contributed by atoms with van der Waals surface area (Å²) in [7, 11) is 2.57. The molecular formula is C28H52O20. The van der Waals surface area contributed by atoms with Crippen LogP contribution in [-0.4, -0.2) is 221 Å². The van der Waals surface area contributed by atoms with Crippen LogP contribution in [0, 0.1) is 0 Å². The summed E-state index contributed by atoms with van der Waals surface area (Å²) in [5.74, 6) is 0. The van der Waals surface area contributed by atoms with Crippen LogP contribution in [0.4, 0.5) is 0 Å². The first-order chi connectivity index (χ1) is 22.6. The van der Waals surface area contributed by atoms with Gasteiger partial charge in [-0.1, -0.05) is 0 Å². The van der Waals surface area contributed by atoms with Crippen LogP contribution in [0.2, 0.25) is 0 Å². The highest BCUT2D eigenvalue weighted by Gasteiger charge is 2.48. The normalized spacial score (nSPS) is 50.0. The van der Waals surface area contributed by atoms with Crippen molar-refractivity contribution in [3.05, 3.63) is 0 Å². The van der Waals surface area contributed by atoms with Crippen molar-refractivity contribution in [3.8, 4) is 0 Å². The summed E-state index contributed by atoms with van der Waals surface area (Å²) in [6.45, 7) is -1.05. The molecule has 14 N–H and O–H groups in total. The summed E-state index contributed by atoms with van der Waals surface area (Å²) in [5, 5.41) is 136. The number of aliphatic hydroxyl groups is 14. The highest BCUT2D eigenvalue weighted by atomic mass is 16.7. The molecule has 4 aliphatic rings. The second-order valence-corrected chi connectivity index (χ2v) is 12.4. The highest BCUT2D eigenvalue weighted by Crippen LogP contribution is 2.30. The monoisotopic (exact) mass is 708 g/mol. The van der Waals surface area contributed by atoms with Gasteiger partial charge >= 0.3 is 0 Å². The lowest BCUT2D eigenvalue weighted by atomic mass is 9.90. The van der Waals surface area contributed by atoms with Gasteiger partial charge in [0.05, 0.1) is 37.6 Å². The number of hydrogen-bond donors (Lipinski definition) is 14. The zero-order chi connectivity index (χ0) is 36.0. The van der Waals surface area contributed by atoms with Gasteiger partial charge in [0, 0.05) is 14.2 Å². The van der Waals surface area contributed by atoms with Crippen molar-refractivity contribution < 1.29 is 99.9 Å². The Balaban J connectivity index is 0.000000260. The summed E-state index contributed by atoms with van der Waals surface area (Å²) >= 11 is 0. The minimum absolute atomic E-state index is 0.114. The lowest BCUT2D eigenvalue weighted by Crippen LogP contribution is -2.60. The Labute approximate surface area is 275 Å². The summed E-state index contributed by atoms with van der Waals surface area (Å²) in [5.41, 5.74) is 0. The van der Waals surface area contributed by atoms with Gasteiger partial charge in [-0.3, -0.25) is 0 Å². The first-order valence-electron chi connectivity index (χ1n) is 15.7. The van der Waals surface area contributed by atoms with E-state index in [1.54, 1.807) is 0 Å². The molecule has 0 aliphatic carbocycles. The standard InChI is InChI=1S/2C14H26O10/c2*1-22-14-13(21)12(20)9(17)6(24-14)3-2-5-8(16)11(19)10(18)7(4-15)23-5/h2*5-21H,2-4H2,1H3/t5-,6?,7+,8-,9+,10+,11+,12-,13+,14-;5-,6?,7-,8+,9-,10-,11-,12+,13-,14+/m01/s1. The fraction of sp³-hybridized carbons (Fsp3) is 1.00. The number of aliphatic hydroxyl groups excluding tert-OH is 14. The van der Waals surface area contributed by atoms with Crippen molar-refractivity contribution in [2.45, 2.75) is 148 Å². The Morgan fingerprint density at radius 2 is 0.562 bits per heavy atom. The average Bonchev–Trinajstić information content (AvgIpc) is 3.08. The number of methoxy groups -OCH3 is 2. The van der Waals surface area contributed by atoms with E-state index >= 15 is 0 Å². The van der Waals surface area contributed by atoms with E-state index in [0.717, 1.165) is 0 Å². The molecule has 48 heavy (non-hydrogen) atoms. The molecule has 0 radical (unpaired) electrons. The molecule has 0 spiro atoms. The molecule has 20 atom stereocenters. The number of rotatable bonds is 10. The molecule has 0 aromatic carbocycles. The summed E-state index contributed by atoms with van der Waals surface area (Å²) in [4.78, 5) is 0. The van der Waals surface area contributed by atoms with E-state index in [2.05, 4.69) is 0 Å². The molecule has 4 saturated heterocycles. The topological polar surface area (TPSA) is 339 Å². The second kappa shape index (κ2) is 18.6. The average molecular weight is 709 g/mol. The Morgan fingerprint density at radius 3 is 0.812 bits per heavy atom. The fourth-order valence-electron chi connectivity index (χ4n) is 6.19. The van der Waals surface area contributed by atoms with E-state index in [1.165, 1.54) is 14.2 Å². The van der Waals surface area contributed by atoms with E-state index in [0.29, 0.717) is 0 Å². The first kappa shape index (κ1) is 41.6. The third-order valence-electron chi connectivity index (χ3n) is 9.26. The Morgan fingerprint density at radius 1 is 0.333 bits per heavy atom. The maximum Gasteiger partial charge on any atom is 0.186 e. The third kappa shape index (κ3) is 9.35. The van der Waals surface area contributed by atoms with Gasteiger partial charge in [0.15, 0.2) is 12.6 Å². The van der Waals surface area contributed by atoms with Crippen molar-refractivity contribution in [1.29, 1.82) is 0 Å². The van der Waals surface area contributed by atoms with E-state index in [1.807, 2.05) is 0 Å². The zero-order valence-corrected chi connectivity index (χ0v) is 26.5. The Kier molecular flexibility index (Phi) is 16.1. The van der Waals surface area contributed by atoms with Gasteiger partial charge in [0.25, 0.3) is 0 Å². The maximum absolute atomic E-state index is 9.99. The zero-order valence-electron chi connectivity index (χ0n) is 26.5. The van der Waals surface area contributed by atoms with Gasteiger partial charge in [0.1, 0.15) is 85.5 Å². The minimum Gasteiger partial charge on any atom is -0.394 e. The maximum atomic E-state index is 9.99. The molecule has 0 amide bonds. The van der Waals surface area contributed by atoms with Crippen LogP contribution < -0.4 is 0 Å². The van der Waals surface area contributed by atoms with E-state index in [9.17, 15) is 61.3 Å². The van der Waals surface area contributed by atoms with Crippen molar-refractivity contribution in [1.82, 2.24) is 0 Å². The molecule has 4 rings (SSSR count). The Bertz CT molecular complexity index is 784. The van der Waals surface area contributed by atoms with Crippen LogP contribution >= 0.6 is 0 Å². The van der Waals surface area contributed by atoms with Gasteiger partial charge in [-0.05, 0) is 25.7 Å². The molecule has 2 unspecified atom stereocenters. The van der Waals surface area contributed by atoms with Gasteiger partial charge in [-0.2, -0.15) is 0 Å². The third-order valence-corrected chi connectivity index (χ3v) is 9.26. The Hall–Kier alpha value is -0.800. The van der Waals surface area contributed by atoms with Gasteiger partial charge in [0.2, 0.25) is 0 Å². The van der Waals surface area contributed by atoms with Crippen LogP contribution in [0.25, 0.3) is 0 Å². The van der Waals surface area contributed by atoms with Crippen LogP contribution in [0.5, 0.6) is 0 Å². The van der Waals surface area contributed by atoms with Gasteiger partial charge in [-0.25, -0.2) is 0 Å². The predicted molar refractivity (Wildman–Crippen MR) is 153 cm³/mol. The fourth-order valence-corrected chi connectivity index (χ4v) is 6.19. The van der Waals surface area contributed by atoms with Crippen molar-refractivity contribution >= 4 is 0 Å². The van der Waals surface area contributed by atoms with Crippen LogP contribution in [0.3, 0.4) is 0 Å². The highest BCUT2D eigenvalue weighted by molar-refractivity contribution is 4.96. The SMILES string of the molecule is CO[C@H]1OC(CC[C@@H]2O[C@H](CO)[C@@H](O)[C@H](O)[C@H]2O)[C@@H](O)[C@H](O)[C@H]1O.CO[C@H]1OC(CC[C@H]2O[C@H](CO)[C@@H](O)[C@H](O)[C@H]2O)[C@@H](O)[C@H](O)[C@H]1O. The summed E-state index contributed by atoms with van der Waals surface area (Å²) in [6, 6.07) is 0. The molecule has 4 aliphatic heterocycles.